The minimum atomic E-state index is 0.397. The van der Waals surface area contributed by atoms with Gasteiger partial charge in [0.15, 0.2) is 0 Å². The fourth-order valence-electron chi connectivity index (χ4n) is 8.44. The lowest BCUT2D eigenvalue weighted by atomic mass is 9.73. The second kappa shape index (κ2) is 11.6. The molecule has 6 rings (SSSR count). The average molecular weight is 488 g/mol. The molecular weight excluding hydrogens is 438 g/mol. The number of hydrogen-bond donors (Lipinski definition) is 1. The maximum atomic E-state index is 6.99. The number of fused-ring (bicyclic) bond motifs is 3. The predicted molar refractivity (Wildman–Crippen MR) is 150 cm³/mol. The smallest absolute Gasteiger partial charge is 0.0731 e. The first-order valence-electron chi connectivity index (χ1n) is 15.6. The van der Waals surface area contributed by atoms with E-state index in [4.69, 9.17) is 4.74 Å². The van der Waals surface area contributed by atoms with Gasteiger partial charge in [-0.2, -0.15) is 0 Å². The molecule has 0 aromatic heterocycles. The zero-order chi connectivity index (χ0) is 24.3. The predicted octanol–water partition coefficient (Wildman–Crippen LogP) is 8.28. The molecule has 2 nitrogen and oxygen atoms in total. The van der Waals surface area contributed by atoms with Crippen molar-refractivity contribution in [3.8, 4) is 0 Å². The first-order valence-corrected chi connectivity index (χ1v) is 15.6. The summed E-state index contributed by atoms with van der Waals surface area (Å²) in [4.78, 5) is 0. The number of ether oxygens (including phenoxy) is 1. The van der Waals surface area contributed by atoms with Crippen molar-refractivity contribution in [3.63, 3.8) is 0 Å². The van der Waals surface area contributed by atoms with Crippen LogP contribution in [0.2, 0.25) is 0 Å². The van der Waals surface area contributed by atoms with Crippen molar-refractivity contribution in [2.24, 2.45) is 17.8 Å². The molecule has 2 fully saturated rings. The van der Waals surface area contributed by atoms with Crippen LogP contribution in [0.15, 0.2) is 47.6 Å². The van der Waals surface area contributed by atoms with Crippen molar-refractivity contribution in [2.45, 2.75) is 127 Å². The first-order chi connectivity index (χ1) is 17.7. The third-order valence-corrected chi connectivity index (χ3v) is 10.3. The molecule has 2 heteroatoms. The number of aryl methyl sites for hydroxylation is 1. The molecule has 0 saturated carbocycles. The Morgan fingerprint density at radius 2 is 1.83 bits per heavy atom. The van der Waals surface area contributed by atoms with Gasteiger partial charge in [-0.25, -0.2) is 0 Å². The summed E-state index contributed by atoms with van der Waals surface area (Å²) in [6.45, 7) is 3.61. The highest BCUT2D eigenvalue weighted by molar-refractivity contribution is 5.33. The molecule has 0 spiro atoms. The fraction of sp³-hybridized carbons (Fsp3) is 0.706. The van der Waals surface area contributed by atoms with Crippen LogP contribution >= 0.6 is 0 Å². The highest BCUT2D eigenvalue weighted by Gasteiger charge is 2.37. The van der Waals surface area contributed by atoms with E-state index in [1.165, 1.54) is 96.3 Å². The number of allylic oxidation sites excluding steroid dienone is 4. The maximum absolute atomic E-state index is 6.99. The Labute approximate surface area is 220 Å². The molecule has 2 saturated heterocycles. The molecule has 1 aromatic rings. The number of hydrogen-bond acceptors (Lipinski definition) is 2. The van der Waals surface area contributed by atoms with Gasteiger partial charge in [0.1, 0.15) is 0 Å². The van der Waals surface area contributed by atoms with Gasteiger partial charge in [0.25, 0.3) is 0 Å². The van der Waals surface area contributed by atoms with Gasteiger partial charge in [0, 0.05) is 6.04 Å². The second-order valence-corrected chi connectivity index (χ2v) is 13.0. The summed E-state index contributed by atoms with van der Waals surface area (Å²) in [6, 6.07) is 9.91. The van der Waals surface area contributed by atoms with E-state index in [0.29, 0.717) is 24.2 Å². The molecular formula is C34H49NO. The van der Waals surface area contributed by atoms with E-state index in [1.807, 2.05) is 0 Å². The van der Waals surface area contributed by atoms with Crippen LogP contribution in [-0.2, 0) is 11.2 Å². The molecule has 196 valence electrons. The Hall–Kier alpha value is -1.38. The van der Waals surface area contributed by atoms with E-state index in [1.54, 1.807) is 22.3 Å². The zero-order valence-electron chi connectivity index (χ0n) is 22.7. The maximum Gasteiger partial charge on any atom is 0.0731 e. The molecule has 0 bridgehead atoms. The van der Waals surface area contributed by atoms with Gasteiger partial charge >= 0.3 is 0 Å². The lowest BCUT2D eigenvalue weighted by molar-refractivity contribution is -0.0785. The van der Waals surface area contributed by atoms with Crippen molar-refractivity contribution < 1.29 is 4.74 Å². The van der Waals surface area contributed by atoms with Crippen LogP contribution in [0.1, 0.15) is 114 Å². The lowest BCUT2D eigenvalue weighted by Crippen LogP contribution is -2.49. The largest absolute Gasteiger partial charge is 0.373 e. The molecule has 1 N–H and O–H groups in total. The normalized spacial score (nSPS) is 37.5. The fourth-order valence-corrected chi connectivity index (χ4v) is 8.44. The third-order valence-electron chi connectivity index (χ3n) is 10.3. The van der Waals surface area contributed by atoms with Gasteiger partial charge in [-0.15, -0.1) is 0 Å². The molecule has 1 aromatic carbocycles. The molecule has 36 heavy (non-hydrogen) atoms. The van der Waals surface area contributed by atoms with Crippen LogP contribution in [0, 0.1) is 17.8 Å². The van der Waals surface area contributed by atoms with Crippen molar-refractivity contribution in [3.05, 3.63) is 58.7 Å². The topological polar surface area (TPSA) is 21.3 Å². The van der Waals surface area contributed by atoms with Gasteiger partial charge in [0.2, 0.25) is 0 Å². The quantitative estimate of drug-likeness (QED) is 0.463. The Bertz CT molecular complexity index is 946. The summed E-state index contributed by atoms with van der Waals surface area (Å²) in [5.41, 5.74) is 6.76. The standard InChI is InChI=1S/C34H49NO/c1-24-19-32-29(13-7-12-27-10-5-6-15-31(27)32)22-33(35-23-24)34-16-8-14-30(36-34)21-25-17-18-26-9-3-2-4-11-28(26)20-25/h5-6,10,15,17-18,24-25,29-30,32-35H,2-4,7-9,11-14,16,19-23H2,1H3. The third kappa shape index (κ3) is 5.70. The Kier molecular flexibility index (Phi) is 8.01. The molecule has 3 aliphatic carbocycles. The van der Waals surface area contributed by atoms with Crippen LogP contribution in [0.4, 0.5) is 0 Å². The SMILES string of the molecule is CC1CNC(C2CCCC(CC3C=CC4=C(CCCCC4)C3)O2)CC2CCCc3ccccc3C2C1. The highest BCUT2D eigenvalue weighted by atomic mass is 16.5. The van der Waals surface area contributed by atoms with Crippen molar-refractivity contribution in [1.29, 1.82) is 0 Å². The Morgan fingerprint density at radius 3 is 2.81 bits per heavy atom. The zero-order valence-corrected chi connectivity index (χ0v) is 22.7. The average Bonchev–Trinajstić information content (AvgIpc) is 3.22. The number of rotatable bonds is 3. The van der Waals surface area contributed by atoms with Gasteiger partial charge in [-0.1, -0.05) is 55.3 Å². The Balaban J connectivity index is 1.12. The van der Waals surface area contributed by atoms with E-state index in [9.17, 15) is 0 Å². The summed E-state index contributed by atoms with van der Waals surface area (Å²) in [6.07, 6.45) is 25.8. The number of benzene rings is 1. The molecule has 0 amide bonds. The Morgan fingerprint density at radius 1 is 0.917 bits per heavy atom. The van der Waals surface area contributed by atoms with E-state index in [0.717, 1.165) is 24.3 Å². The van der Waals surface area contributed by atoms with E-state index < -0.39 is 0 Å². The monoisotopic (exact) mass is 487 g/mol. The van der Waals surface area contributed by atoms with E-state index >= 15 is 0 Å². The van der Waals surface area contributed by atoms with Crippen LogP contribution in [0.25, 0.3) is 0 Å². The van der Waals surface area contributed by atoms with Gasteiger partial charge < -0.3 is 10.1 Å². The summed E-state index contributed by atoms with van der Waals surface area (Å²) in [5.74, 6) is 2.94. The molecule has 7 atom stereocenters. The van der Waals surface area contributed by atoms with Crippen molar-refractivity contribution >= 4 is 0 Å². The van der Waals surface area contributed by atoms with Gasteiger partial charge in [-0.3, -0.25) is 0 Å². The molecule has 5 aliphatic rings. The summed E-state index contributed by atoms with van der Waals surface area (Å²) >= 11 is 0. The molecule has 2 aliphatic heterocycles. The van der Waals surface area contributed by atoms with Gasteiger partial charge in [0.05, 0.1) is 12.2 Å². The van der Waals surface area contributed by atoms with Crippen LogP contribution in [0.3, 0.4) is 0 Å². The summed E-state index contributed by atoms with van der Waals surface area (Å²) in [5, 5.41) is 4.04. The summed E-state index contributed by atoms with van der Waals surface area (Å²) in [7, 11) is 0. The minimum absolute atomic E-state index is 0.397. The van der Waals surface area contributed by atoms with Gasteiger partial charge in [-0.05, 0) is 137 Å². The first kappa shape index (κ1) is 24.9. The van der Waals surface area contributed by atoms with E-state index in [2.05, 4.69) is 48.7 Å². The summed E-state index contributed by atoms with van der Waals surface area (Å²) < 4.78 is 6.99. The molecule has 2 heterocycles. The molecule has 7 unspecified atom stereocenters. The van der Waals surface area contributed by atoms with Crippen molar-refractivity contribution in [2.75, 3.05) is 6.54 Å². The minimum Gasteiger partial charge on any atom is -0.373 e. The second-order valence-electron chi connectivity index (χ2n) is 13.0. The molecule has 0 radical (unpaired) electrons. The van der Waals surface area contributed by atoms with Crippen LogP contribution in [-0.4, -0.2) is 24.8 Å². The lowest BCUT2D eigenvalue weighted by Gasteiger charge is -2.41. The van der Waals surface area contributed by atoms with Crippen LogP contribution < -0.4 is 5.32 Å². The number of nitrogens with one attached hydrogen (secondary N) is 1. The van der Waals surface area contributed by atoms with Crippen LogP contribution in [0.5, 0.6) is 0 Å². The van der Waals surface area contributed by atoms with Crippen molar-refractivity contribution in [1.82, 2.24) is 5.32 Å². The highest BCUT2D eigenvalue weighted by Crippen LogP contribution is 2.43. The van der Waals surface area contributed by atoms with E-state index in [-0.39, 0.29) is 0 Å².